The van der Waals surface area contributed by atoms with Crippen molar-refractivity contribution in [3.05, 3.63) is 66.4 Å². The lowest BCUT2D eigenvalue weighted by Gasteiger charge is -2.00. The number of fused-ring (bicyclic) bond motifs is 1. The molecule has 0 aliphatic rings. The van der Waals surface area contributed by atoms with Crippen molar-refractivity contribution in [3.8, 4) is 0 Å². The van der Waals surface area contributed by atoms with Crippen LogP contribution in [0, 0.1) is 0 Å². The van der Waals surface area contributed by atoms with Crippen molar-refractivity contribution < 1.29 is 0 Å². The number of benzene rings is 2. The van der Waals surface area contributed by atoms with E-state index in [0.29, 0.717) is 0 Å². The fourth-order valence-electron chi connectivity index (χ4n) is 2.10. The van der Waals surface area contributed by atoms with Gasteiger partial charge in [-0.3, -0.25) is 4.68 Å². The number of nitrogens with zero attached hydrogens (tertiary/aromatic N) is 2. The summed E-state index contributed by atoms with van der Waals surface area (Å²) in [5.74, 6) is 0. The number of anilines is 1. The lowest BCUT2D eigenvalue weighted by Crippen LogP contribution is -1.96. The largest absolute Gasteiger partial charge is 0.399 e. The minimum absolute atomic E-state index is 0. The van der Waals surface area contributed by atoms with E-state index in [-0.39, 0.29) is 37.2 Å². The van der Waals surface area contributed by atoms with E-state index in [2.05, 4.69) is 29.4 Å². The smallest absolute Gasteiger partial charge is 0.0687 e. The van der Waals surface area contributed by atoms with E-state index in [1.807, 2.05) is 47.3 Å². The first-order valence-corrected chi connectivity index (χ1v) is 6.25. The van der Waals surface area contributed by atoms with Gasteiger partial charge < -0.3 is 5.73 Å². The minimum atomic E-state index is 0. The van der Waals surface area contributed by atoms with E-state index in [4.69, 9.17) is 5.73 Å². The summed E-state index contributed by atoms with van der Waals surface area (Å²) in [5.41, 5.74) is 8.83. The van der Waals surface area contributed by atoms with Gasteiger partial charge in [0.1, 0.15) is 0 Å². The lowest BCUT2D eigenvalue weighted by atomic mass is 10.2. The Morgan fingerprint density at radius 1 is 1.00 bits per heavy atom. The summed E-state index contributed by atoms with van der Waals surface area (Å²) in [6, 6.07) is 16.1. The average molecular weight is 359 g/mol. The number of nitrogen functional groups attached to an aromatic ring is 1. The number of hydrogen-bond donors (Lipinski definition) is 1. The molecule has 0 saturated heterocycles. The molecule has 0 aliphatic carbocycles. The molecule has 6 heteroatoms. The van der Waals surface area contributed by atoms with Gasteiger partial charge in [-0.1, -0.05) is 42.5 Å². The highest BCUT2D eigenvalue weighted by atomic mass is 35.5. The fourth-order valence-corrected chi connectivity index (χ4v) is 2.10. The van der Waals surface area contributed by atoms with Crippen molar-refractivity contribution in [2.24, 2.45) is 0 Å². The zero-order chi connectivity index (χ0) is 13.1. The van der Waals surface area contributed by atoms with Crippen LogP contribution in [0.4, 0.5) is 5.69 Å². The third-order valence-corrected chi connectivity index (χ3v) is 3.05. The third-order valence-electron chi connectivity index (χ3n) is 3.05. The van der Waals surface area contributed by atoms with Gasteiger partial charge in [-0.15, -0.1) is 37.2 Å². The van der Waals surface area contributed by atoms with E-state index in [1.54, 1.807) is 0 Å². The van der Waals surface area contributed by atoms with Gasteiger partial charge >= 0.3 is 0 Å². The molecular formula is C16H18Cl3N3. The van der Waals surface area contributed by atoms with Crippen LogP contribution in [0.2, 0.25) is 0 Å². The summed E-state index contributed by atoms with van der Waals surface area (Å²) in [7, 11) is 0. The van der Waals surface area contributed by atoms with Crippen molar-refractivity contribution in [3.63, 3.8) is 0 Å². The average Bonchev–Trinajstić information content (AvgIpc) is 2.82. The molecular weight excluding hydrogens is 341 g/mol. The van der Waals surface area contributed by atoms with Crippen molar-refractivity contribution in [1.82, 2.24) is 9.78 Å². The first-order chi connectivity index (χ1) is 9.33. The van der Waals surface area contributed by atoms with Gasteiger partial charge in [-0.25, -0.2) is 0 Å². The van der Waals surface area contributed by atoms with Crippen molar-refractivity contribution in [1.29, 1.82) is 0 Å². The highest BCUT2D eigenvalue weighted by Crippen LogP contribution is 2.17. The van der Waals surface area contributed by atoms with E-state index < -0.39 is 0 Å². The number of halogens is 3. The van der Waals surface area contributed by atoms with Crippen LogP contribution < -0.4 is 5.73 Å². The molecule has 3 aromatic rings. The minimum Gasteiger partial charge on any atom is -0.399 e. The molecule has 1 aromatic heterocycles. The molecule has 0 bridgehead atoms. The van der Waals surface area contributed by atoms with Crippen LogP contribution in [0.3, 0.4) is 0 Å². The number of nitrogens with two attached hydrogens (primary N) is 1. The summed E-state index contributed by atoms with van der Waals surface area (Å²) >= 11 is 0. The Kier molecular flexibility index (Phi) is 8.65. The molecule has 0 unspecified atom stereocenters. The van der Waals surface area contributed by atoms with Crippen molar-refractivity contribution in [2.75, 3.05) is 5.73 Å². The van der Waals surface area contributed by atoms with Crippen molar-refractivity contribution in [2.45, 2.75) is 6.54 Å². The molecule has 22 heavy (non-hydrogen) atoms. The summed E-state index contributed by atoms with van der Waals surface area (Å²) in [6.45, 7) is 0.752. The predicted molar refractivity (Wildman–Crippen MR) is 101 cm³/mol. The van der Waals surface area contributed by atoms with Crippen LogP contribution in [0.15, 0.2) is 60.8 Å². The quantitative estimate of drug-likeness (QED) is 0.695. The number of hydrogen-bond acceptors (Lipinski definition) is 2. The maximum atomic E-state index is 5.76. The van der Waals surface area contributed by atoms with E-state index in [9.17, 15) is 0 Å². The highest BCUT2D eigenvalue weighted by molar-refractivity contribution is 5.86. The molecule has 3 rings (SSSR count). The molecule has 0 saturated carbocycles. The van der Waals surface area contributed by atoms with E-state index in [0.717, 1.165) is 23.1 Å². The molecule has 0 aliphatic heterocycles. The van der Waals surface area contributed by atoms with Crippen LogP contribution >= 0.6 is 37.2 Å². The third kappa shape index (κ3) is 4.67. The van der Waals surface area contributed by atoms with Crippen LogP contribution in [-0.4, -0.2) is 9.78 Å². The first kappa shape index (κ1) is 20.3. The van der Waals surface area contributed by atoms with Gasteiger partial charge in [0.25, 0.3) is 0 Å². The Hall–Kier alpha value is -1.68. The highest BCUT2D eigenvalue weighted by Gasteiger charge is 2.00. The van der Waals surface area contributed by atoms with E-state index in [1.165, 1.54) is 5.56 Å². The van der Waals surface area contributed by atoms with Gasteiger partial charge in [0.05, 0.1) is 18.3 Å². The summed E-state index contributed by atoms with van der Waals surface area (Å²) < 4.78 is 1.97. The molecule has 3 nitrogen and oxygen atoms in total. The fraction of sp³-hybridized carbons (Fsp3) is 0.0625. The van der Waals surface area contributed by atoms with Crippen LogP contribution in [0.25, 0.3) is 17.0 Å². The molecule has 0 radical (unpaired) electrons. The maximum Gasteiger partial charge on any atom is 0.0687 e. The van der Waals surface area contributed by atoms with Crippen LogP contribution in [0.5, 0.6) is 0 Å². The van der Waals surface area contributed by atoms with Gasteiger partial charge in [-0.2, -0.15) is 5.10 Å². The molecule has 0 spiro atoms. The second-order valence-corrected chi connectivity index (χ2v) is 4.46. The topological polar surface area (TPSA) is 43.8 Å². The second kappa shape index (κ2) is 9.36. The molecule has 0 amide bonds. The summed E-state index contributed by atoms with van der Waals surface area (Å²) in [6.07, 6.45) is 6.06. The van der Waals surface area contributed by atoms with Crippen LogP contribution in [-0.2, 0) is 6.54 Å². The summed E-state index contributed by atoms with van der Waals surface area (Å²) in [4.78, 5) is 0. The van der Waals surface area contributed by atoms with Gasteiger partial charge in [0, 0.05) is 11.1 Å². The summed E-state index contributed by atoms with van der Waals surface area (Å²) in [5, 5.41) is 5.45. The van der Waals surface area contributed by atoms with Crippen molar-refractivity contribution >= 4 is 59.9 Å². The van der Waals surface area contributed by atoms with Gasteiger partial charge in [0.2, 0.25) is 0 Å². The zero-order valence-electron chi connectivity index (χ0n) is 11.8. The Morgan fingerprint density at radius 2 is 1.73 bits per heavy atom. The van der Waals surface area contributed by atoms with Gasteiger partial charge in [-0.05, 0) is 23.8 Å². The van der Waals surface area contributed by atoms with Gasteiger partial charge in [0.15, 0.2) is 0 Å². The predicted octanol–water partition coefficient (Wildman–Crippen LogP) is 4.60. The SMILES string of the molecule is Cl.Cl.Cl.Nc1ccc2c(cnn2C/C=C/c2ccccc2)c1. The Bertz CT molecular complexity index is 724. The molecule has 0 fully saturated rings. The monoisotopic (exact) mass is 357 g/mol. The van der Waals surface area contributed by atoms with Crippen LogP contribution in [0.1, 0.15) is 5.56 Å². The lowest BCUT2D eigenvalue weighted by molar-refractivity contribution is 0.730. The standard InChI is InChI=1S/C16H15N3.3ClH/c17-15-8-9-16-14(11-15)12-18-19(16)10-4-7-13-5-2-1-3-6-13;;;/h1-9,11-12H,10,17H2;3*1H/b7-4+;;;. The molecule has 0 atom stereocenters. The molecule has 2 aromatic carbocycles. The Morgan fingerprint density at radius 3 is 2.45 bits per heavy atom. The maximum absolute atomic E-state index is 5.76. The molecule has 2 N–H and O–H groups in total. The first-order valence-electron chi connectivity index (χ1n) is 6.25. The Balaban J connectivity index is 0.00000147. The van der Waals surface area contributed by atoms with E-state index >= 15 is 0 Å². The number of allylic oxidation sites excluding steroid dienone is 1. The Labute approximate surface area is 148 Å². The molecule has 1 heterocycles. The number of rotatable bonds is 3. The number of aromatic nitrogens is 2. The second-order valence-electron chi connectivity index (χ2n) is 4.46. The molecule has 118 valence electrons. The zero-order valence-corrected chi connectivity index (χ0v) is 14.2. The normalized spacial score (nSPS) is 9.82.